The summed E-state index contributed by atoms with van der Waals surface area (Å²) in [5.41, 5.74) is 8.42. The fraction of sp³-hybridized carbons (Fsp3) is 0.500. The van der Waals surface area contributed by atoms with Crippen LogP contribution in [-0.4, -0.2) is 72.1 Å². The van der Waals surface area contributed by atoms with Crippen LogP contribution < -0.4 is 11.1 Å². The molecule has 9 nitrogen and oxygen atoms in total. The molecule has 3 aromatic carbocycles. The Balaban J connectivity index is 1.63. The summed E-state index contributed by atoms with van der Waals surface area (Å²) < 4.78 is 61.6. The van der Waals surface area contributed by atoms with E-state index in [2.05, 4.69) is 18.3 Å². The van der Waals surface area contributed by atoms with Crippen molar-refractivity contribution in [2.24, 2.45) is 5.73 Å². The molecule has 1 saturated carbocycles. The minimum Gasteiger partial charge on any atom is -0.508 e. The average Bonchev–Trinajstić information content (AvgIpc) is 3.88. The third kappa shape index (κ3) is 10.6. The molecule has 1 unspecified atom stereocenters. The van der Waals surface area contributed by atoms with E-state index in [0.717, 1.165) is 36.5 Å². The highest BCUT2D eigenvalue weighted by Crippen LogP contribution is 2.51. The zero-order valence-corrected chi connectivity index (χ0v) is 30.0. The number of halogens is 2. The molecule has 0 aliphatic heterocycles. The van der Waals surface area contributed by atoms with E-state index in [1.54, 1.807) is 0 Å². The Morgan fingerprint density at radius 2 is 1.64 bits per heavy atom. The standard InChI is InChI=1S/C38H51F2N3O6S/c1-4-9-33(10-5-2)50(47,48)24-36(42-37(46)28-12-8-14-32(44)21-28)49-25-43(38(15-16-38)29-13-7-11-26(6-3)17-29)23-35(45)34(41)20-27-18-30(39)22-31(40)19-27/h7-8,11-14,17-19,21-22,33-36,44-45H,4-6,9-10,15-16,20,23-25,41H2,1-3H3,(H,42,46)/t34-,35+,36?/m0/s1. The lowest BCUT2D eigenvalue weighted by Gasteiger charge is -2.36. The lowest BCUT2D eigenvalue weighted by molar-refractivity contribution is -0.0645. The summed E-state index contributed by atoms with van der Waals surface area (Å²) in [5.74, 6) is -2.68. The first kappa shape index (κ1) is 39.4. The third-order valence-electron chi connectivity index (χ3n) is 9.44. The van der Waals surface area contributed by atoms with Gasteiger partial charge in [0.05, 0.1) is 17.1 Å². The molecule has 1 aliphatic carbocycles. The number of sulfone groups is 1. The van der Waals surface area contributed by atoms with Crippen molar-refractivity contribution in [1.29, 1.82) is 0 Å². The average molecular weight is 716 g/mol. The lowest BCUT2D eigenvalue weighted by atomic mass is 9.97. The summed E-state index contributed by atoms with van der Waals surface area (Å²) in [4.78, 5) is 15.2. The van der Waals surface area contributed by atoms with Crippen LogP contribution in [0.5, 0.6) is 5.75 Å². The second-order valence-electron chi connectivity index (χ2n) is 13.4. The number of hydrogen-bond acceptors (Lipinski definition) is 8. The Labute approximate surface area is 294 Å². The molecule has 0 heterocycles. The maximum absolute atomic E-state index is 13.9. The van der Waals surface area contributed by atoms with Crippen LogP contribution in [0.15, 0.2) is 66.7 Å². The molecule has 0 saturated heterocycles. The number of nitrogens with one attached hydrogen (secondary N) is 1. The van der Waals surface area contributed by atoms with E-state index in [9.17, 15) is 32.2 Å². The number of carbonyl (C=O) groups excluding carboxylic acids is 1. The van der Waals surface area contributed by atoms with Crippen LogP contribution in [0.4, 0.5) is 8.78 Å². The number of phenolic OH excluding ortho intramolecular Hbond substituents is 1. The van der Waals surface area contributed by atoms with Gasteiger partial charge >= 0.3 is 0 Å². The predicted molar refractivity (Wildman–Crippen MR) is 190 cm³/mol. The Morgan fingerprint density at radius 1 is 0.980 bits per heavy atom. The normalized spacial score (nSPS) is 15.9. The molecule has 12 heteroatoms. The second kappa shape index (κ2) is 17.7. The Bertz CT molecular complexity index is 1660. The Hall–Kier alpha value is -3.42. The van der Waals surface area contributed by atoms with Gasteiger partial charge in [-0.05, 0) is 85.5 Å². The molecule has 3 aromatic rings. The number of amides is 1. The van der Waals surface area contributed by atoms with Crippen molar-refractivity contribution in [2.75, 3.05) is 19.0 Å². The molecule has 50 heavy (non-hydrogen) atoms. The van der Waals surface area contributed by atoms with Crippen molar-refractivity contribution in [2.45, 2.75) is 101 Å². The zero-order chi connectivity index (χ0) is 36.5. The van der Waals surface area contributed by atoms with E-state index in [1.165, 1.54) is 36.4 Å². The summed E-state index contributed by atoms with van der Waals surface area (Å²) in [6, 6.07) is 16.1. The topological polar surface area (TPSA) is 142 Å². The molecule has 0 aromatic heterocycles. The molecule has 274 valence electrons. The SMILES string of the molecule is CCCC(CCC)S(=O)(=O)CC(NC(=O)c1cccc(O)c1)OCN(C[C@@H](O)[C@@H](N)Cc1cc(F)cc(F)c1)C1(c2cccc(CC)c2)CC1. The van der Waals surface area contributed by atoms with Crippen LogP contribution in [-0.2, 0) is 33.0 Å². The summed E-state index contributed by atoms with van der Waals surface area (Å²) in [6.07, 6.45) is 2.19. The first-order valence-corrected chi connectivity index (χ1v) is 19.2. The van der Waals surface area contributed by atoms with Gasteiger partial charge in [-0.25, -0.2) is 17.2 Å². The number of nitrogens with zero attached hydrogens (tertiary/aromatic N) is 1. The number of rotatable bonds is 20. The molecular weight excluding hydrogens is 664 g/mol. The number of aryl methyl sites for hydroxylation is 1. The summed E-state index contributed by atoms with van der Waals surface area (Å²) >= 11 is 0. The van der Waals surface area contributed by atoms with Gasteiger partial charge in [0.2, 0.25) is 0 Å². The van der Waals surface area contributed by atoms with Crippen molar-refractivity contribution in [3.63, 3.8) is 0 Å². The van der Waals surface area contributed by atoms with Crippen molar-refractivity contribution >= 4 is 15.7 Å². The van der Waals surface area contributed by atoms with Crippen LogP contribution >= 0.6 is 0 Å². The highest BCUT2D eigenvalue weighted by atomic mass is 32.2. The van der Waals surface area contributed by atoms with Gasteiger partial charge in [-0.2, -0.15) is 0 Å². The molecule has 0 radical (unpaired) electrons. The van der Waals surface area contributed by atoms with E-state index in [0.29, 0.717) is 31.2 Å². The number of phenols is 1. The number of benzene rings is 3. The van der Waals surface area contributed by atoms with Crippen LogP contribution in [0, 0.1) is 11.6 Å². The summed E-state index contributed by atoms with van der Waals surface area (Å²) in [5, 5.41) is 23.5. The smallest absolute Gasteiger partial charge is 0.253 e. The van der Waals surface area contributed by atoms with Gasteiger partial charge in [-0.3, -0.25) is 9.69 Å². The maximum Gasteiger partial charge on any atom is 0.253 e. The van der Waals surface area contributed by atoms with Gasteiger partial charge < -0.3 is 26.0 Å². The number of ether oxygens (including phenoxy) is 1. The van der Waals surface area contributed by atoms with Gasteiger partial charge in [-0.1, -0.05) is 63.9 Å². The van der Waals surface area contributed by atoms with Crippen LogP contribution in [0.2, 0.25) is 0 Å². The van der Waals surface area contributed by atoms with Crippen molar-refractivity contribution in [3.05, 3.63) is 101 Å². The van der Waals surface area contributed by atoms with E-state index in [4.69, 9.17) is 10.5 Å². The molecule has 1 aliphatic rings. The van der Waals surface area contributed by atoms with Gasteiger partial charge in [0.25, 0.3) is 5.91 Å². The molecule has 0 bridgehead atoms. The van der Waals surface area contributed by atoms with Crippen LogP contribution in [0.25, 0.3) is 0 Å². The molecule has 4 rings (SSSR count). The quantitative estimate of drug-likeness (QED) is 0.111. The summed E-state index contributed by atoms with van der Waals surface area (Å²) in [7, 11) is -3.73. The zero-order valence-electron chi connectivity index (χ0n) is 29.2. The van der Waals surface area contributed by atoms with Gasteiger partial charge in [0.15, 0.2) is 9.84 Å². The van der Waals surface area contributed by atoms with Crippen LogP contribution in [0.3, 0.4) is 0 Å². The largest absolute Gasteiger partial charge is 0.508 e. The van der Waals surface area contributed by atoms with E-state index in [1.807, 2.05) is 36.9 Å². The maximum atomic E-state index is 13.9. The van der Waals surface area contributed by atoms with E-state index < -0.39 is 62.3 Å². The number of hydrogen-bond donors (Lipinski definition) is 4. The van der Waals surface area contributed by atoms with E-state index >= 15 is 0 Å². The van der Waals surface area contributed by atoms with Gasteiger partial charge in [0.1, 0.15) is 30.3 Å². The highest BCUT2D eigenvalue weighted by Gasteiger charge is 2.50. The first-order chi connectivity index (χ1) is 23.8. The number of nitrogens with two attached hydrogens (primary N) is 1. The fourth-order valence-electron chi connectivity index (χ4n) is 6.52. The Kier molecular flexibility index (Phi) is 13.9. The molecule has 1 fully saturated rings. The van der Waals surface area contributed by atoms with E-state index in [-0.39, 0.29) is 31.0 Å². The van der Waals surface area contributed by atoms with Crippen molar-refractivity contribution in [3.8, 4) is 5.75 Å². The monoisotopic (exact) mass is 715 g/mol. The lowest BCUT2D eigenvalue weighted by Crippen LogP contribution is -2.51. The van der Waals surface area contributed by atoms with Gasteiger partial charge in [-0.15, -0.1) is 0 Å². The second-order valence-corrected chi connectivity index (χ2v) is 15.7. The van der Waals surface area contributed by atoms with Crippen LogP contribution in [0.1, 0.15) is 86.3 Å². The number of aliphatic hydroxyl groups excluding tert-OH is 1. The number of aliphatic hydroxyl groups is 1. The first-order valence-electron chi connectivity index (χ1n) is 17.5. The third-order valence-corrected chi connectivity index (χ3v) is 11.7. The minimum atomic E-state index is -3.73. The number of aromatic hydroxyl groups is 1. The number of carbonyl (C=O) groups is 1. The molecule has 1 amide bonds. The Morgan fingerprint density at radius 3 is 2.24 bits per heavy atom. The molecule has 0 spiro atoms. The summed E-state index contributed by atoms with van der Waals surface area (Å²) in [6.45, 7) is 5.75. The molecular formula is C38H51F2N3O6S. The highest BCUT2D eigenvalue weighted by molar-refractivity contribution is 7.92. The predicted octanol–water partition coefficient (Wildman–Crippen LogP) is 5.57. The fourth-order valence-corrected chi connectivity index (χ4v) is 8.58. The van der Waals surface area contributed by atoms with Crippen molar-refractivity contribution < 1.29 is 36.9 Å². The van der Waals surface area contributed by atoms with Gasteiger partial charge in [0, 0.05) is 29.8 Å². The minimum absolute atomic E-state index is 0.00356. The van der Waals surface area contributed by atoms with Crippen molar-refractivity contribution in [1.82, 2.24) is 10.2 Å². The molecule has 5 N–H and O–H groups in total. The molecule has 3 atom stereocenters.